The molecule has 0 radical (unpaired) electrons. The zero-order valence-corrected chi connectivity index (χ0v) is 24.5. The molecule has 1 saturated heterocycles. The molecule has 5 aliphatic rings. The molecule has 4 unspecified atom stereocenters. The smallest absolute Gasteiger partial charge is 0.443 e. The molecule has 4 bridgehead atoms. The highest BCUT2D eigenvalue weighted by molar-refractivity contribution is 5.87. The van der Waals surface area contributed by atoms with Gasteiger partial charge in [-0.05, 0) is 82.0 Å². The first-order chi connectivity index (χ1) is 20.5. The maximum atomic E-state index is 15.0. The van der Waals surface area contributed by atoms with Gasteiger partial charge in [-0.3, -0.25) is 0 Å². The fraction of sp³-hybridized carbons (Fsp3) is 0.793. The predicted molar refractivity (Wildman–Crippen MR) is 136 cm³/mol. The van der Waals surface area contributed by atoms with Gasteiger partial charge in [-0.2, -0.15) is 39.5 Å². The molecule has 256 valence electrons. The van der Waals surface area contributed by atoms with Crippen molar-refractivity contribution in [3.63, 3.8) is 0 Å². The van der Waals surface area contributed by atoms with Crippen molar-refractivity contribution in [2.24, 2.45) is 29.6 Å². The topological polar surface area (TPSA) is 91.3 Å². The van der Waals surface area contributed by atoms with Crippen molar-refractivity contribution in [3.05, 3.63) is 24.3 Å². The number of ether oxygens (including phenoxy) is 4. The number of esters is 2. The van der Waals surface area contributed by atoms with E-state index in [0.29, 0.717) is 25.7 Å². The van der Waals surface area contributed by atoms with Crippen molar-refractivity contribution in [3.8, 4) is 0 Å². The van der Waals surface area contributed by atoms with Gasteiger partial charge in [-0.1, -0.05) is 13.2 Å². The first kappa shape index (κ1) is 35.5. The number of carbonyl (C=O) groups excluding carboxylic acids is 2. The summed E-state index contributed by atoms with van der Waals surface area (Å²) in [5.74, 6) is -7.98. The fourth-order valence-electron chi connectivity index (χ4n) is 7.66. The molecule has 0 aromatic heterocycles. The molecule has 4 saturated carbocycles. The second kappa shape index (κ2) is 12.0. The first-order valence-corrected chi connectivity index (χ1v) is 14.5. The Bertz CT molecular complexity index is 1140. The largest absolute Gasteiger partial charge is 0.459 e. The van der Waals surface area contributed by atoms with Crippen molar-refractivity contribution in [2.75, 3.05) is 0 Å². The van der Waals surface area contributed by atoms with Crippen molar-refractivity contribution in [2.45, 2.75) is 114 Å². The standard InChI is InChI=1S/C29H35F9O7/c1-13(2)23(39)42-19-10-22(44-25(41,12-19)27(30,31)32)45-26(28(33,34)35,29(36,37)38)21(43-24(40)14(3)4)11-20-17-6-15-5-16(8-17)9-18(20)7-15/h15-22,41H,1,3,5-12H2,2,4H3. The molecule has 1 aliphatic heterocycles. The zero-order chi connectivity index (χ0) is 33.9. The van der Waals surface area contributed by atoms with Crippen molar-refractivity contribution < 1.29 is 73.2 Å². The highest BCUT2D eigenvalue weighted by Crippen LogP contribution is 2.60. The maximum absolute atomic E-state index is 15.0. The van der Waals surface area contributed by atoms with Gasteiger partial charge in [0.1, 0.15) is 12.2 Å². The number of aliphatic hydroxyl groups is 1. The van der Waals surface area contributed by atoms with Gasteiger partial charge in [0.25, 0.3) is 11.4 Å². The van der Waals surface area contributed by atoms with Crippen LogP contribution in [0.2, 0.25) is 0 Å². The number of carbonyl (C=O) groups is 2. The lowest BCUT2D eigenvalue weighted by molar-refractivity contribution is -0.474. The molecule has 1 N–H and O–H groups in total. The summed E-state index contributed by atoms with van der Waals surface area (Å²) in [4.78, 5) is 24.6. The van der Waals surface area contributed by atoms with Crippen molar-refractivity contribution in [1.29, 1.82) is 0 Å². The Hall–Kier alpha value is -2.33. The molecule has 16 heteroatoms. The molecule has 1 heterocycles. The minimum absolute atomic E-state index is 0.251. The van der Waals surface area contributed by atoms with Crippen LogP contribution in [0.25, 0.3) is 0 Å². The molecule has 5 fully saturated rings. The third-order valence-electron chi connectivity index (χ3n) is 9.47. The molecule has 4 aliphatic carbocycles. The van der Waals surface area contributed by atoms with Gasteiger partial charge in [-0.15, -0.1) is 0 Å². The van der Waals surface area contributed by atoms with E-state index in [9.17, 15) is 54.2 Å². The average Bonchev–Trinajstić information content (AvgIpc) is 2.85. The van der Waals surface area contributed by atoms with E-state index in [1.165, 1.54) is 0 Å². The van der Waals surface area contributed by atoms with Gasteiger partial charge >= 0.3 is 30.5 Å². The van der Waals surface area contributed by atoms with Crippen LogP contribution in [-0.2, 0) is 28.5 Å². The minimum Gasteiger partial charge on any atom is -0.459 e. The molecule has 0 spiro atoms. The summed E-state index contributed by atoms with van der Waals surface area (Å²) in [6, 6.07) is 0. The number of hydrogen-bond donors (Lipinski definition) is 1. The van der Waals surface area contributed by atoms with Crippen LogP contribution in [-0.4, -0.2) is 65.5 Å². The highest BCUT2D eigenvalue weighted by Gasteiger charge is 2.79. The fourth-order valence-corrected chi connectivity index (χ4v) is 7.66. The summed E-state index contributed by atoms with van der Waals surface area (Å²) < 4.78 is 150. The van der Waals surface area contributed by atoms with Crippen LogP contribution < -0.4 is 0 Å². The molecule has 7 nitrogen and oxygen atoms in total. The quantitative estimate of drug-likeness (QED) is 0.167. The third kappa shape index (κ3) is 6.87. The summed E-state index contributed by atoms with van der Waals surface area (Å²) in [5.41, 5.74) is -6.30. The lowest BCUT2D eigenvalue weighted by atomic mass is 9.51. The predicted octanol–water partition coefficient (Wildman–Crippen LogP) is 6.69. The summed E-state index contributed by atoms with van der Waals surface area (Å²) in [6.45, 7) is 8.55. The summed E-state index contributed by atoms with van der Waals surface area (Å²) in [7, 11) is 0. The third-order valence-corrected chi connectivity index (χ3v) is 9.47. The Kier molecular flexibility index (Phi) is 9.50. The van der Waals surface area contributed by atoms with Crippen LogP contribution in [0.15, 0.2) is 24.3 Å². The van der Waals surface area contributed by atoms with Crippen LogP contribution in [0, 0.1) is 29.6 Å². The Morgan fingerprint density at radius 1 is 0.844 bits per heavy atom. The van der Waals surface area contributed by atoms with E-state index in [4.69, 9.17) is 9.47 Å². The highest BCUT2D eigenvalue weighted by atomic mass is 19.4. The first-order valence-electron chi connectivity index (χ1n) is 14.5. The number of hydrogen-bond acceptors (Lipinski definition) is 7. The average molecular weight is 667 g/mol. The van der Waals surface area contributed by atoms with Crippen LogP contribution in [0.4, 0.5) is 39.5 Å². The zero-order valence-electron chi connectivity index (χ0n) is 24.5. The van der Waals surface area contributed by atoms with Gasteiger partial charge in [0.2, 0.25) is 0 Å². The van der Waals surface area contributed by atoms with E-state index in [1.807, 2.05) is 0 Å². The lowest BCUT2D eigenvalue weighted by Gasteiger charge is -2.56. The maximum Gasteiger partial charge on any atom is 0.443 e. The number of alkyl halides is 9. The van der Waals surface area contributed by atoms with Gasteiger partial charge in [0, 0.05) is 24.0 Å². The Morgan fingerprint density at radius 2 is 1.33 bits per heavy atom. The summed E-state index contributed by atoms with van der Waals surface area (Å²) in [5, 5.41) is 10.3. The van der Waals surface area contributed by atoms with E-state index in [0.717, 1.165) is 20.3 Å². The molecule has 45 heavy (non-hydrogen) atoms. The van der Waals surface area contributed by atoms with Gasteiger partial charge in [-0.25, -0.2) is 9.59 Å². The normalized spacial score (nSPS) is 34.3. The van der Waals surface area contributed by atoms with Crippen LogP contribution >= 0.6 is 0 Å². The molecular formula is C29H35F9O7. The second-order valence-electron chi connectivity index (χ2n) is 12.9. The molecule has 0 amide bonds. The van der Waals surface area contributed by atoms with E-state index in [-0.39, 0.29) is 29.2 Å². The summed E-state index contributed by atoms with van der Waals surface area (Å²) >= 11 is 0. The summed E-state index contributed by atoms with van der Waals surface area (Å²) in [6.07, 6.45) is -27.6. The Balaban J connectivity index is 1.79. The molecule has 4 atom stereocenters. The Labute approximate surface area is 253 Å². The minimum atomic E-state index is -6.45. The van der Waals surface area contributed by atoms with Crippen LogP contribution in [0.3, 0.4) is 0 Å². The lowest BCUT2D eigenvalue weighted by Crippen LogP contribution is -2.70. The number of halogens is 9. The van der Waals surface area contributed by atoms with E-state index in [2.05, 4.69) is 22.6 Å². The van der Waals surface area contributed by atoms with Crippen LogP contribution in [0.1, 0.15) is 65.2 Å². The Morgan fingerprint density at radius 3 is 1.76 bits per heavy atom. The molecular weight excluding hydrogens is 631 g/mol. The van der Waals surface area contributed by atoms with Crippen molar-refractivity contribution >= 4 is 11.9 Å². The van der Waals surface area contributed by atoms with Crippen LogP contribution in [0.5, 0.6) is 0 Å². The van der Waals surface area contributed by atoms with E-state index >= 15 is 0 Å². The number of rotatable bonds is 9. The van der Waals surface area contributed by atoms with E-state index in [1.54, 1.807) is 0 Å². The SMILES string of the molecule is C=C(C)C(=O)OC1CC(OC(C(CC2C3CC4CC(C3)CC2C4)OC(=O)C(=C)C)(C(F)(F)F)C(F)(F)F)OC(O)(C(F)(F)F)C1. The van der Waals surface area contributed by atoms with E-state index < -0.39 is 91.1 Å². The molecule has 0 aromatic carbocycles. The monoisotopic (exact) mass is 666 g/mol. The van der Waals surface area contributed by atoms with Gasteiger partial charge in [0.15, 0.2) is 6.29 Å². The van der Waals surface area contributed by atoms with Gasteiger partial charge < -0.3 is 24.1 Å². The van der Waals surface area contributed by atoms with Crippen molar-refractivity contribution in [1.82, 2.24) is 0 Å². The second-order valence-corrected chi connectivity index (χ2v) is 12.9. The molecule has 5 rings (SSSR count). The molecule has 0 aromatic rings. The van der Waals surface area contributed by atoms with Gasteiger partial charge in [0.05, 0.1) is 0 Å².